The van der Waals surface area contributed by atoms with Crippen molar-refractivity contribution in [2.75, 3.05) is 27.2 Å². The third kappa shape index (κ3) is 3.49. The number of rotatable bonds is 4. The topological polar surface area (TPSA) is 97.6 Å². The lowest BCUT2D eigenvalue weighted by atomic mass is 9.91. The SMILES string of the molecule is CNC(=O)c1cc(C)nc2onc(C3CCCN(C(=O)c4ccccc4OC)C3)c12. The van der Waals surface area contributed by atoms with Crippen molar-refractivity contribution in [2.45, 2.75) is 25.7 Å². The van der Waals surface area contributed by atoms with E-state index in [4.69, 9.17) is 9.26 Å². The number of hydrogen-bond acceptors (Lipinski definition) is 6. The summed E-state index contributed by atoms with van der Waals surface area (Å²) in [5.41, 5.74) is 2.73. The van der Waals surface area contributed by atoms with E-state index in [-0.39, 0.29) is 17.7 Å². The van der Waals surface area contributed by atoms with Gasteiger partial charge in [0, 0.05) is 31.7 Å². The quantitative estimate of drug-likeness (QED) is 0.713. The van der Waals surface area contributed by atoms with Gasteiger partial charge in [0.2, 0.25) is 0 Å². The number of ether oxygens (including phenoxy) is 1. The molecule has 0 bridgehead atoms. The van der Waals surface area contributed by atoms with Crippen LogP contribution in [0.1, 0.15) is 50.9 Å². The summed E-state index contributed by atoms with van der Waals surface area (Å²) >= 11 is 0. The second-order valence-electron chi connectivity index (χ2n) is 7.43. The minimum Gasteiger partial charge on any atom is -0.496 e. The van der Waals surface area contributed by atoms with Crippen molar-refractivity contribution in [1.29, 1.82) is 0 Å². The summed E-state index contributed by atoms with van der Waals surface area (Å²) in [7, 11) is 3.15. The van der Waals surface area contributed by atoms with Crippen LogP contribution >= 0.6 is 0 Å². The number of para-hydroxylation sites is 1. The summed E-state index contributed by atoms with van der Waals surface area (Å²) in [6.07, 6.45) is 1.67. The van der Waals surface area contributed by atoms with Crippen LogP contribution in [-0.2, 0) is 0 Å². The van der Waals surface area contributed by atoms with Gasteiger partial charge < -0.3 is 19.5 Å². The first-order valence-electron chi connectivity index (χ1n) is 9.94. The zero-order valence-electron chi connectivity index (χ0n) is 17.3. The number of hydrogen-bond donors (Lipinski definition) is 1. The highest BCUT2D eigenvalue weighted by Crippen LogP contribution is 2.34. The van der Waals surface area contributed by atoms with Gasteiger partial charge in [0.1, 0.15) is 5.75 Å². The standard InChI is InChI=1S/C22H24N4O4/c1-13-11-16(20(27)23-2)18-19(25-30-21(18)24-13)14-7-6-10-26(12-14)22(28)15-8-4-5-9-17(15)29-3/h4-5,8-9,11,14H,6-7,10,12H2,1-3H3,(H,23,27). The van der Waals surface area contributed by atoms with E-state index in [9.17, 15) is 9.59 Å². The molecular formula is C22H24N4O4. The monoisotopic (exact) mass is 408 g/mol. The van der Waals surface area contributed by atoms with Gasteiger partial charge in [-0.05, 0) is 38.0 Å². The van der Waals surface area contributed by atoms with E-state index in [1.54, 1.807) is 32.4 Å². The molecule has 0 spiro atoms. The van der Waals surface area contributed by atoms with Gasteiger partial charge in [0.15, 0.2) is 0 Å². The maximum absolute atomic E-state index is 13.1. The minimum absolute atomic E-state index is 0.0495. The lowest BCUT2D eigenvalue weighted by molar-refractivity contribution is 0.0701. The highest BCUT2D eigenvalue weighted by Gasteiger charge is 2.31. The molecule has 1 aliphatic heterocycles. The zero-order chi connectivity index (χ0) is 21.3. The van der Waals surface area contributed by atoms with Crippen LogP contribution in [0, 0.1) is 6.92 Å². The summed E-state index contributed by atoms with van der Waals surface area (Å²) in [6, 6.07) is 8.95. The molecule has 1 atom stereocenters. The molecular weight excluding hydrogens is 384 g/mol. The fourth-order valence-corrected chi connectivity index (χ4v) is 4.07. The van der Waals surface area contributed by atoms with Crippen LogP contribution < -0.4 is 10.1 Å². The van der Waals surface area contributed by atoms with E-state index in [0.29, 0.717) is 52.5 Å². The average Bonchev–Trinajstić information content (AvgIpc) is 3.21. The molecule has 156 valence electrons. The van der Waals surface area contributed by atoms with E-state index in [1.165, 1.54) is 0 Å². The molecule has 1 aliphatic rings. The van der Waals surface area contributed by atoms with Crippen LogP contribution in [0.4, 0.5) is 0 Å². The van der Waals surface area contributed by atoms with Gasteiger partial charge in [0.05, 0.1) is 29.3 Å². The summed E-state index contributed by atoms with van der Waals surface area (Å²) in [4.78, 5) is 31.8. The Balaban J connectivity index is 1.68. The Kier molecular flexibility index (Phi) is 5.39. The Labute approximate surface area is 174 Å². The van der Waals surface area contributed by atoms with Crippen molar-refractivity contribution in [3.8, 4) is 5.75 Å². The molecule has 0 radical (unpaired) electrons. The zero-order valence-corrected chi connectivity index (χ0v) is 17.3. The van der Waals surface area contributed by atoms with Crippen LogP contribution in [0.3, 0.4) is 0 Å². The molecule has 1 N–H and O–H groups in total. The number of benzene rings is 1. The average molecular weight is 408 g/mol. The highest BCUT2D eigenvalue weighted by molar-refractivity contribution is 6.06. The molecule has 1 fully saturated rings. The Morgan fingerprint density at radius 1 is 1.27 bits per heavy atom. The first-order chi connectivity index (χ1) is 14.5. The van der Waals surface area contributed by atoms with E-state index in [2.05, 4.69) is 15.5 Å². The number of carbonyl (C=O) groups is 2. The number of likely N-dealkylation sites (tertiary alicyclic amines) is 1. The molecule has 1 saturated heterocycles. The predicted molar refractivity (Wildman–Crippen MR) is 111 cm³/mol. The van der Waals surface area contributed by atoms with Crippen LogP contribution in [0.5, 0.6) is 5.75 Å². The number of nitrogens with zero attached hydrogens (tertiary/aromatic N) is 3. The Morgan fingerprint density at radius 2 is 2.07 bits per heavy atom. The summed E-state index contributed by atoms with van der Waals surface area (Å²) in [6.45, 7) is 2.95. The fraction of sp³-hybridized carbons (Fsp3) is 0.364. The molecule has 3 aromatic rings. The first-order valence-corrected chi connectivity index (χ1v) is 9.94. The van der Waals surface area contributed by atoms with Gasteiger partial charge in [-0.15, -0.1) is 0 Å². The Morgan fingerprint density at radius 3 is 2.83 bits per heavy atom. The maximum Gasteiger partial charge on any atom is 0.259 e. The summed E-state index contributed by atoms with van der Waals surface area (Å²) in [5.74, 6) is 0.211. The minimum atomic E-state index is -0.215. The number of carbonyl (C=O) groups excluding carboxylic acids is 2. The van der Waals surface area contributed by atoms with Crippen molar-refractivity contribution < 1.29 is 18.8 Å². The lowest BCUT2D eigenvalue weighted by Crippen LogP contribution is -2.39. The van der Waals surface area contributed by atoms with Gasteiger partial charge in [-0.2, -0.15) is 0 Å². The van der Waals surface area contributed by atoms with Crippen LogP contribution in [-0.4, -0.2) is 54.1 Å². The normalized spacial score (nSPS) is 16.5. The summed E-state index contributed by atoms with van der Waals surface area (Å²) < 4.78 is 10.8. The van der Waals surface area contributed by atoms with Crippen LogP contribution in [0.25, 0.3) is 11.1 Å². The third-order valence-corrected chi connectivity index (χ3v) is 5.51. The van der Waals surface area contributed by atoms with Crippen molar-refractivity contribution in [1.82, 2.24) is 20.4 Å². The number of pyridine rings is 1. The smallest absolute Gasteiger partial charge is 0.259 e. The first kappa shape index (κ1) is 19.9. The van der Waals surface area contributed by atoms with Gasteiger partial charge >= 0.3 is 0 Å². The van der Waals surface area contributed by atoms with Gasteiger partial charge in [-0.3, -0.25) is 9.59 Å². The summed E-state index contributed by atoms with van der Waals surface area (Å²) in [5, 5.41) is 7.55. The number of methoxy groups -OCH3 is 1. The molecule has 8 heteroatoms. The second kappa shape index (κ2) is 8.14. The van der Waals surface area contributed by atoms with E-state index >= 15 is 0 Å². The number of piperidine rings is 1. The predicted octanol–water partition coefficient (Wildman–Crippen LogP) is 2.92. The van der Waals surface area contributed by atoms with Crippen LogP contribution in [0.2, 0.25) is 0 Å². The van der Waals surface area contributed by atoms with Crippen molar-refractivity contribution in [3.05, 3.63) is 52.8 Å². The Hall–Kier alpha value is -3.42. The van der Waals surface area contributed by atoms with E-state index < -0.39 is 0 Å². The highest BCUT2D eigenvalue weighted by atomic mass is 16.5. The molecule has 30 heavy (non-hydrogen) atoms. The molecule has 1 aromatic carbocycles. The van der Waals surface area contributed by atoms with Gasteiger partial charge in [-0.25, -0.2) is 4.98 Å². The number of aromatic nitrogens is 2. The number of amides is 2. The largest absolute Gasteiger partial charge is 0.496 e. The van der Waals surface area contributed by atoms with Gasteiger partial charge in [-0.1, -0.05) is 17.3 Å². The van der Waals surface area contributed by atoms with Crippen molar-refractivity contribution in [3.63, 3.8) is 0 Å². The van der Waals surface area contributed by atoms with Gasteiger partial charge in [0.25, 0.3) is 17.5 Å². The number of aryl methyl sites for hydroxylation is 1. The molecule has 0 saturated carbocycles. The molecule has 1 unspecified atom stereocenters. The molecule has 3 heterocycles. The Bertz CT molecular complexity index is 1110. The molecule has 8 nitrogen and oxygen atoms in total. The second-order valence-corrected chi connectivity index (χ2v) is 7.43. The lowest BCUT2D eigenvalue weighted by Gasteiger charge is -2.32. The third-order valence-electron chi connectivity index (χ3n) is 5.51. The number of nitrogens with one attached hydrogen (secondary N) is 1. The molecule has 0 aliphatic carbocycles. The van der Waals surface area contributed by atoms with E-state index in [0.717, 1.165) is 12.8 Å². The maximum atomic E-state index is 13.1. The molecule has 2 aromatic heterocycles. The van der Waals surface area contributed by atoms with E-state index in [1.807, 2.05) is 24.0 Å². The van der Waals surface area contributed by atoms with Crippen LogP contribution in [0.15, 0.2) is 34.9 Å². The van der Waals surface area contributed by atoms with Crippen molar-refractivity contribution >= 4 is 22.9 Å². The number of fused-ring (bicyclic) bond motifs is 1. The van der Waals surface area contributed by atoms with Crippen molar-refractivity contribution in [2.24, 2.45) is 0 Å². The molecule has 2 amide bonds. The fourth-order valence-electron chi connectivity index (χ4n) is 4.07. The molecule has 4 rings (SSSR count).